The van der Waals surface area contributed by atoms with Crippen LogP contribution in [-0.4, -0.2) is 9.13 Å². The van der Waals surface area contributed by atoms with Gasteiger partial charge in [-0.2, -0.15) is 0 Å². The largest absolute Gasteiger partial charge is 0.311 e. The van der Waals surface area contributed by atoms with Crippen LogP contribution in [0, 0.1) is 0 Å². The molecule has 0 saturated heterocycles. The molecule has 0 atom stereocenters. The summed E-state index contributed by atoms with van der Waals surface area (Å²) in [7, 11) is 0. The summed E-state index contributed by atoms with van der Waals surface area (Å²) < 4.78 is 7.48. The van der Waals surface area contributed by atoms with Crippen molar-refractivity contribution in [2.24, 2.45) is 0 Å². The second-order valence-electron chi connectivity index (χ2n) is 16.6. The highest BCUT2D eigenvalue weighted by molar-refractivity contribution is 7.25. The van der Waals surface area contributed by atoms with E-state index >= 15 is 0 Å². The van der Waals surface area contributed by atoms with Crippen LogP contribution < -0.4 is 4.90 Å². The average molecular weight is 834 g/mol. The second-order valence-corrected chi connectivity index (χ2v) is 17.6. The van der Waals surface area contributed by atoms with Gasteiger partial charge in [-0.1, -0.05) is 121 Å². The highest BCUT2D eigenvalue weighted by Crippen LogP contribution is 2.42. The van der Waals surface area contributed by atoms with E-state index in [1.807, 2.05) is 11.3 Å². The van der Waals surface area contributed by atoms with Crippen LogP contribution in [0.2, 0.25) is 0 Å². The zero-order valence-electron chi connectivity index (χ0n) is 34.8. The Bertz CT molecular complexity index is 3840. The Kier molecular flexibility index (Phi) is 8.40. The van der Waals surface area contributed by atoms with Gasteiger partial charge in [0.2, 0.25) is 0 Å². The Morgan fingerprint density at radius 2 is 0.703 bits per heavy atom. The standard InChI is InChI=1S/C60H39N3S/c1-4-14-44(15-5-1)61(45-16-6-2-7-17-45)47-29-24-40(25-30-47)41-26-32-57-52(36-41)53-38-43(28-34-58(53)62(57)46-18-8-3-9-19-46)42-27-33-56-51(37-42)49-20-10-12-22-55(49)63(56)48-31-35-60-54(39-48)50-21-11-13-23-59(50)64-60/h1-39H. The number of nitrogens with zero attached hydrogens (tertiary/aromatic N) is 3. The first-order chi connectivity index (χ1) is 31.7. The molecule has 300 valence electrons. The molecule has 3 nitrogen and oxygen atoms in total. The first-order valence-corrected chi connectivity index (χ1v) is 22.6. The van der Waals surface area contributed by atoms with Crippen LogP contribution in [0.3, 0.4) is 0 Å². The molecule has 0 fully saturated rings. The van der Waals surface area contributed by atoms with Crippen molar-refractivity contribution in [1.29, 1.82) is 0 Å². The van der Waals surface area contributed by atoms with Gasteiger partial charge >= 0.3 is 0 Å². The number of thiophene rings is 1. The molecule has 0 radical (unpaired) electrons. The molecule has 0 aliphatic heterocycles. The monoisotopic (exact) mass is 833 g/mol. The van der Waals surface area contributed by atoms with Gasteiger partial charge in [0, 0.05) is 70.2 Å². The molecule has 0 aliphatic rings. The fraction of sp³-hybridized carbons (Fsp3) is 0. The molecule has 10 aromatic carbocycles. The first-order valence-electron chi connectivity index (χ1n) is 21.8. The van der Waals surface area contributed by atoms with Crippen LogP contribution in [-0.2, 0) is 0 Å². The Hall–Kier alpha value is -8.18. The lowest BCUT2D eigenvalue weighted by molar-refractivity contribution is 1.18. The lowest BCUT2D eigenvalue weighted by Crippen LogP contribution is -2.09. The predicted molar refractivity (Wildman–Crippen MR) is 274 cm³/mol. The molecule has 13 rings (SSSR count). The van der Waals surface area contributed by atoms with Gasteiger partial charge in [0.15, 0.2) is 0 Å². The zero-order valence-corrected chi connectivity index (χ0v) is 35.6. The van der Waals surface area contributed by atoms with Crippen molar-refractivity contribution in [2.75, 3.05) is 4.90 Å². The third-order valence-corrected chi connectivity index (χ3v) is 14.0. The van der Waals surface area contributed by atoms with Gasteiger partial charge in [-0.3, -0.25) is 0 Å². The number of anilines is 3. The van der Waals surface area contributed by atoms with Gasteiger partial charge in [-0.25, -0.2) is 0 Å². The van der Waals surface area contributed by atoms with Crippen molar-refractivity contribution in [3.05, 3.63) is 237 Å². The molecule has 0 unspecified atom stereocenters. The Morgan fingerprint density at radius 1 is 0.266 bits per heavy atom. The summed E-state index contributed by atoms with van der Waals surface area (Å²) in [6.45, 7) is 0. The van der Waals surface area contributed by atoms with E-state index in [1.54, 1.807) is 0 Å². The summed E-state index contributed by atoms with van der Waals surface area (Å²) in [5, 5.41) is 7.58. The smallest absolute Gasteiger partial charge is 0.0541 e. The van der Waals surface area contributed by atoms with Crippen molar-refractivity contribution in [2.45, 2.75) is 0 Å². The maximum atomic E-state index is 2.44. The van der Waals surface area contributed by atoms with Crippen LogP contribution >= 0.6 is 11.3 Å². The van der Waals surface area contributed by atoms with E-state index < -0.39 is 0 Å². The average Bonchev–Trinajstić information content (AvgIpc) is 4.02. The molecular formula is C60H39N3S. The molecule has 0 N–H and O–H groups in total. The van der Waals surface area contributed by atoms with Gasteiger partial charge < -0.3 is 14.0 Å². The Morgan fingerprint density at radius 3 is 1.33 bits per heavy atom. The maximum absolute atomic E-state index is 2.44. The van der Waals surface area contributed by atoms with Gasteiger partial charge in [0.25, 0.3) is 0 Å². The van der Waals surface area contributed by atoms with Crippen molar-refractivity contribution in [3.8, 4) is 33.6 Å². The van der Waals surface area contributed by atoms with Crippen LogP contribution in [0.4, 0.5) is 17.1 Å². The fourth-order valence-corrected chi connectivity index (χ4v) is 11.0. The number of hydrogen-bond donors (Lipinski definition) is 0. The highest BCUT2D eigenvalue weighted by atomic mass is 32.1. The lowest BCUT2D eigenvalue weighted by atomic mass is 9.99. The van der Waals surface area contributed by atoms with Gasteiger partial charge in [-0.15, -0.1) is 11.3 Å². The maximum Gasteiger partial charge on any atom is 0.0541 e. The number of hydrogen-bond acceptors (Lipinski definition) is 2. The van der Waals surface area contributed by atoms with Crippen LogP contribution in [0.5, 0.6) is 0 Å². The molecule has 0 aliphatic carbocycles. The van der Waals surface area contributed by atoms with Crippen molar-refractivity contribution >= 4 is 92.2 Å². The van der Waals surface area contributed by atoms with Crippen molar-refractivity contribution < 1.29 is 0 Å². The van der Waals surface area contributed by atoms with E-state index in [4.69, 9.17) is 0 Å². The minimum atomic E-state index is 1.12. The summed E-state index contributed by atoms with van der Waals surface area (Å²) >= 11 is 1.86. The summed E-state index contributed by atoms with van der Waals surface area (Å²) in [6.07, 6.45) is 0. The van der Waals surface area contributed by atoms with Gasteiger partial charge in [0.05, 0.1) is 22.1 Å². The molecule has 0 amide bonds. The Labute approximate surface area is 374 Å². The van der Waals surface area contributed by atoms with Gasteiger partial charge in [0.1, 0.15) is 0 Å². The predicted octanol–water partition coefficient (Wildman–Crippen LogP) is 17.1. The van der Waals surface area contributed by atoms with Gasteiger partial charge in [-0.05, 0) is 138 Å². The number of fused-ring (bicyclic) bond motifs is 9. The molecule has 0 spiro atoms. The number of rotatable bonds is 7. The molecular weight excluding hydrogens is 795 g/mol. The fourth-order valence-electron chi connectivity index (χ4n) is 9.93. The third-order valence-electron chi connectivity index (χ3n) is 12.9. The first kappa shape index (κ1) is 36.5. The molecule has 3 aromatic heterocycles. The molecule has 3 heterocycles. The molecule has 64 heavy (non-hydrogen) atoms. The van der Waals surface area contributed by atoms with E-state index in [-0.39, 0.29) is 0 Å². The summed E-state index contributed by atoms with van der Waals surface area (Å²) in [4.78, 5) is 2.31. The van der Waals surface area contributed by atoms with E-state index in [2.05, 4.69) is 251 Å². The normalized spacial score (nSPS) is 11.8. The number of para-hydroxylation sites is 4. The Balaban J connectivity index is 0.937. The van der Waals surface area contributed by atoms with E-state index in [0.29, 0.717) is 0 Å². The summed E-state index contributed by atoms with van der Waals surface area (Å²) in [5.41, 5.74) is 15.3. The van der Waals surface area contributed by atoms with Crippen LogP contribution in [0.1, 0.15) is 0 Å². The minimum absolute atomic E-state index is 1.12. The summed E-state index contributed by atoms with van der Waals surface area (Å²) in [5.74, 6) is 0. The quantitative estimate of drug-likeness (QED) is 0.156. The van der Waals surface area contributed by atoms with E-state index in [9.17, 15) is 0 Å². The van der Waals surface area contributed by atoms with Crippen molar-refractivity contribution in [1.82, 2.24) is 9.13 Å². The topological polar surface area (TPSA) is 13.1 Å². The van der Waals surface area contributed by atoms with E-state index in [1.165, 1.54) is 91.7 Å². The third kappa shape index (κ3) is 5.88. The molecule has 13 aromatic rings. The molecule has 0 saturated carbocycles. The molecule has 0 bridgehead atoms. The molecule has 4 heteroatoms. The van der Waals surface area contributed by atoms with E-state index in [0.717, 1.165) is 22.7 Å². The zero-order chi connectivity index (χ0) is 42.1. The van der Waals surface area contributed by atoms with Crippen LogP contribution in [0.25, 0.3) is 97.4 Å². The van der Waals surface area contributed by atoms with Crippen LogP contribution in [0.15, 0.2) is 237 Å². The number of benzene rings is 10. The summed E-state index contributed by atoms with van der Waals surface area (Å²) in [6, 6.07) is 86.3. The lowest BCUT2D eigenvalue weighted by Gasteiger charge is -2.25. The number of aromatic nitrogens is 2. The second kappa shape index (κ2) is 14.7. The minimum Gasteiger partial charge on any atom is -0.311 e. The van der Waals surface area contributed by atoms with Crippen molar-refractivity contribution in [3.63, 3.8) is 0 Å². The highest BCUT2D eigenvalue weighted by Gasteiger charge is 2.18. The SMILES string of the molecule is c1ccc(N(c2ccccc2)c2ccc(-c3ccc4c(c3)c3cc(-c5ccc6c(c5)c5ccccc5n6-c5ccc6sc7ccccc7c6c5)ccc3n4-c3ccccc3)cc2)cc1.